The SMILES string of the molecule is O=S(=O)(Nc1ccccc1-c1nc2ccccc2[nH]1)c1ccc(CBr)cc1. The number of hydrogen-bond acceptors (Lipinski definition) is 3. The lowest BCUT2D eigenvalue weighted by Gasteiger charge is -2.11. The fraction of sp³-hybridized carbons (Fsp3) is 0.0500. The zero-order chi connectivity index (χ0) is 18.9. The fourth-order valence-electron chi connectivity index (χ4n) is 2.82. The van der Waals surface area contributed by atoms with Gasteiger partial charge >= 0.3 is 0 Å². The minimum Gasteiger partial charge on any atom is -0.338 e. The molecule has 0 aliphatic rings. The Balaban J connectivity index is 1.72. The molecule has 0 spiro atoms. The van der Waals surface area contributed by atoms with E-state index in [1.54, 1.807) is 36.4 Å². The van der Waals surface area contributed by atoms with Gasteiger partial charge in [-0.3, -0.25) is 4.72 Å². The molecule has 27 heavy (non-hydrogen) atoms. The van der Waals surface area contributed by atoms with Gasteiger partial charge in [-0.05, 0) is 42.0 Å². The minimum atomic E-state index is -3.71. The van der Waals surface area contributed by atoms with Crippen molar-refractivity contribution in [2.24, 2.45) is 0 Å². The van der Waals surface area contributed by atoms with Crippen LogP contribution in [0.15, 0.2) is 77.7 Å². The lowest BCUT2D eigenvalue weighted by molar-refractivity contribution is 0.601. The molecule has 136 valence electrons. The van der Waals surface area contributed by atoms with Gasteiger partial charge in [0.2, 0.25) is 0 Å². The first-order valence-electron chi connectivity index (χ1n) is 8.29. The number of rotatable bonds is 5. The van der Waals surface area contributed by atoms with Gasteiger partial charge in [0, 0.05) is 10.9 Å². The molecule has 0 radical (unpaired) electrons. The molecule has 0 saturated heterocycles. The van der Waals surface area contributed by atoms with Crippen LogP contribution in [0, 0.1) is 0 Å². The van der Waals surface area contributed by atoms with E-state index in [4.69, 9.17) is 0 Å². The molecule has 1 heterocycles. The molecule has 0 bridgehead atoms. The minimum absolute atomic E-state index is 0.214. The summed E-state index contributed by atoms with van der Waals surface area (Å²) in [4.78, 5) is 8.03. The fourth-order valence-corrected chi connectivity index (χ4v) is 4.27. The molecule has 0 atom stereocenters. The zero-order valence-corrected chi connectivity index (χ0v) is 16.6. The first-order valence-corrected chi connectivity index (χ1v) is 10.9. The van der Waals surface area contributed by atoms with Gasteiger partial charge < -0.3 is 4.98 Å². The van der Waals surface area contributed by atoms with Crippen LogP contribution in [0.25, 0.3) is 22.4 Å². The lowest BCUT2D eigenvalue weighted by Crippen LogP contribution is -2.13. The molecule has 5 nitrogen and oxygen atoms in total. The third-order valence-corrected chi connectivity index (χ3v) is 6.23. The number of nitrogens with zero attached hydrogens (tertiary/aromatic N) is 1. The second-order valence-corrected chi connectivity index (χ2v) is 8.27. The molecule has 0 aliphatic heterocycles. The van der Waals surface area contributed by atoms with Crippen LogP contribution in [0.5, 0.6) is 0 Å². The van der Waals surface area contributed by atoms with Gasteiger partial charge in [0.1, 0.15) is 5.82 Å². The maximum absolute atomic E-state index is 12.8. The molecule has 0 aliphatic carbocycles. The van der Waals surface area contributed by atoms with Gasteiger partial charge in [-0.1, -0.05) is 52.3 Å². The average molecular weight is 442 g/mol. The Kier molecular flexibility index (Phi) is 4.72. The third-order valence-electron chi connectivity index (χ3n) is 4.20. The average Bonchev–Trinajstić information content (AvgIpc) is 3.12. The van der Waals surface area contributed by atoms with E-state index in [1.165, 1.54) is 0 Å². The van der Waals surface area contributed by atoms with E-state index in [0.29, 0.717) is 22.4 Å². The number of nitrogens with one attached hydrogen (secondary N) is 2. The third kappa shape index (κ3) is 3.61. The number of H-pyrrole nitrogens is 1. The lowest BCUT2D eigenvalue weighted by atomic mass is 10.2. The molecule has 0 saturated carbocycles. The van der Waals surface area contributed by atoms with Crippen molar-refractivity contribution in [3.8, 4) is 11.4 Å². The van der Waals surface area contributed by atoms with E-state index in [2.05, 4.69) is 30.6 Å². The van der Waals surface area contributed by atoms with Gasteiger partial charge in [0.15, 0.2) is 0 Å². The summed E-state index contributed by atoms with van der Waals surface area (Å²) in [6.07, 6.45) is 0. The van der Waals surface area contributed by atoms with E-state index in [1.807, 2.05) is 36.4 Å². The molecule has 0 unspecified atom stereocenters. The van der Waals surface area contributed by atoms with Crippen LogP contribution in [0.3, 0.4) is 0 Å². The van der Waals surface area contributed by atoms with Crippen molar-refractivity contribution in [2.75, 3.05) is 4.72 Å². The highest BCUT2D eigenvalue weighted by Crippen LogP contribution is 2.29. The molecule has 2 N–H and O–H groups in total. The molecular weight excluding hydrogens is 426 g/mol. The first kappa shape index (κ1) is 17.8. The predicted octanol–water partition coefficient (Wildman–Crippen LogP) is 4.93. The molecule has 0 fully saturated rings. The normalized spacial score (nSPS) is 11.6. The Bertz CT molecular complexity index is 1170. The summed E-state index contributed by atoms with van der Waals surface area (Å²) in [5.74, 6) is 0.615. The number of fused-ring (bicyclic) bond motifs is 1. The number of para-hydroxylation sites is 3. The Labute approximate surface area is 165 Å². The summed E-state index contributed by atoms with van der Waals surface area (Å²) >= 11 is 3.36. The Morgan fingerprint density at radius 1 is 0.926 bits per heavy atom. The molecule has 7 heteroatoms. The quantitative estimate of drug-likeness (QED) is 0.431. The number of sulfonamides is 1. The zero-order valence-electron chi connectivity index (χ0n) is 14.2. The van der Waals surface area contributed by atoms with Crippen LogP contribution >= 0.6 is 15.9 Å². The maximum atomic E-state index is 12.8. The van der Waals surface area contributed by atoms with E-state index >= 15 is 0 Å². The van der Waals surface area contributed by atoms with Crippen molar-refractivity contribution in [1.82, 2.24) is 9.97 Å². The highest BCUT2D eigenvalue weighted by Gasteiger charge is 2.17. The van der Waals surface area contributed by atoms with Crippen LogP contribution in [0.2, 0.25) is 0 Å². The Morgan fingerprint density at radius 3 is 2.37 bits per heavy atom. The van der Waals surface area contributed by atoms with Gasteiger partial charge in [0.05, 0.1) is 21.6 Å². The molecule has 4 rings (SSSR count). The summed E-state index contributed by atoms with van der Waals surface area (Å²) in [7, 11) is -3.71. The smallest absolute Gasteiger partial charge is 0.261 e. The van der Waals surface area contributed by atoms with Crippen molar-refractivity contribution in [1.29, 1.82) is 0 Å². The molecule has 1 aromatic heterocycles. The van der Waals surface area contributed by atoms with Crippen LogP contribution in [0.4, 0.5) is 5.69 Å². The van der Waals surface area contributed by atoms with Crippen LogP contribution in [0.1, 0.15) is 5.56 Å². The summed E-state index contributed by atoms with van der Waals surface area (Å²) in [6, 6.07) is 21.7. The van der Waals surface area contributed by atoms with Crippen molar-refractivity contribution < 1.29 is 8.42 Å². The van der Waals surface area contributed by atoms with Crippen molar-refractivity contribution in [2.45, 2.75) is 10.2 Å². The first-order chi connectivity index (χ1) is 13.1. The van der Waals surface area contributed by atoms with Crippen LogP contribution in [-0.2, 0) is 15.4 Å². The highest BCUT2D eigenvalue weighted by atomic mass is 79.9. The highest BCUT2D eigenvalue weighted by molar-refractivity contribution is 9.08. The summed E-state index contributed by atoms with van der Waals surface area (Å²) in [5.41, 5.74) is 3.90. The van der Waals surface area contributed by atoms with Gasteiger partial charge in [-0.25, -0.2) is 13.4 Å². The summed E-state index contributed by atoms with van der Waals surface area (Å²) in [5, 5.41) is 0.676. The Hall–Kier alpha value is -2.64. The van der Waals surface area contributed by atoms with Gasteiger partial charge in [-0.2, -0.15) is 0 Å². The van der Waals surface area contributed by atoms with Crippen molar-refractivity contribution in [3.63, 3.8) is 0 Å². The van der Waals surface area contributed by atoms with E-state index in [-0.39, 0.29) is 4.90 Å². The largest absolute Gasteiger partial charge is 0.338 e. The number of halogens is 1. The number of alkyl halides is 1. The standard InChI is InChI=1S/C20H16BrN3O2S/c21-13-14-9-11-15(12-10-14)27(25,26)24-17-6-2-1-5-16(17)20-22-18-7-3-4-8-19(18)23-20/h1-12,24H,13H2,(H,22,23). The van der Waals surface area contributed by atoms with E-state index < -0.39 is 10.0 Å². The number of benzene rings is 3. The monoisotopic (exact) mass is 441 g/mol. The van der Waals surface area contributed by atoms with Crippen molar-refractivity contribution >= 4 is 42.7 Å². The van der Waals surface area contributed by atoms with Crippen molar-refractivity contribution in [3.05, 3.63) is 78.4 Å². The summed E-state index contributed by atoms with van der Waals surface area (Å²) < 4.78 is 28.3. The van der Waals surface area contributed by atoms with E-state index in [0.717, 1.165) is 16.6 Å². The number of hydrogen-bond donors (Lipinski definition) is 2. The number of aromatic amines is 1. The van der Waals surface area contributed by atoms with Gasteiger partial charge in [-0.15, -0.1) is 0 Å². The molecule has 4 aromatic rings. The van der Waals surface area contributed by atoms with Crippen LogP contribution < -0.4 is 4.72 Å². The summed E-state index contributed by atoms with van der Waals surface area (Å²) in [6.45, 7) is 0. The Morgan fingerprint density at radius 2 is 1.63 bits per heavy atom. The van der Waals surface area contributed by atoms with E-state index in [9.17, 15) is 8.42 Å². The number of imidazole rings is 1. The molecule has 0 amide bonds. The van der Waals surface area contributed by atoms with Crippen LogP contribution in [-0.4, -0.2) is 18.4 Å². The predicted molar refractivity (Wildman–Crippen MR) is 111 cm³/mol. The van der Waals surface area contributed by atoms with Gasteiger partial charge in [0.25, 0.3) is 10.0 Å². The number of aromatic nitrogens is 2. The molecule has 3 aromatic carbocycles. The topological polar surface area (TPSA) is 74.8 Å². The second kappa shape index (κ2) is 7.17. The number of anilines is 1. The second-order valence-electron chi connectivity index (χ2n) is 6.03. The molecular formula is C20H16BrN3O2S. The maximum Gasteiger partial charge on any atom is 0.261 e.